The average molecular weight is 304 g/mol. The molecule has 2 rings (SSSR count). The van der Waals surface area contributed by atoms with Crippen molar-refractivity contribution in [1.82, 2.24) is 25.4 Å². The maximum Gasteiger partial charge on any atom is 0.318 e. The van der Waals surface area contributed by atoms with E-state index in [9.17, 15) is 14.9 Å². The SMILES string of the molecule is C[C@H](NC(=O)N(C)Cc1ncn[nH]1)c1cccc([N+](=O)[O-])c1. The largest absolute Gasteiger partial charge is 0.331 e. The van der Waals surface area contributed by atoms with Crippen LogP contribution in [0.4, 0.5) is 10.5 Å². The minimum atomic E-state index is -0.464. The molecule has 0 unspecified atom stereocenters. The molecule has 0 aliphatic carbocycles. The van der Waals surface area contributed by atoms with E-state index in [1.54, 1.807) is 26.1 Å². The molecule has 0 radical (unpaired) electrons. The summed E-state index contributed by atoms with van der Waals surface area (Å²) in [5.41, 5.74) is 0.657. The van der Waals surface area contributed by atoms with E-state index in [0.29, 0.717) is 11.4 Å². The summed E-state index contributed by atoms with van der Waals surface area (Å²) in [6.07, 6.45) is 1.37. The average Bonchev–Trinajstić information content (AvgIpc) is 3.00. The van der Waals surface area contributed by atoms with Crippen LogP contribution in [0.25, 0.3) is 0 Å². The number of carbonyl (C=O) groups is 1. The molecular formula is C13H16N6O3. The molecule has 9 heteroatoms. The number of urea groups is 1. The zero-order valence-corrected chi connectivity index (χ0v) is 12.2. The van der Waals surface area contributed by atoms with Gasteiger partial charge < -0.3 is 10.2 Å². The van der Waals surface area contributed by atoms with E-state index in [0.717, 1.165) is 0 Å². The number of hydrogen-bond acceptors (Lipinski definition) is 5. The van der Waals surface area contributed by atoms with Crippen molar-refractivity contribution in [2.24, 2.45) is 0 Å². The zero-order valence-electron chi connectivity index (χ0n) is 12.2. The van der Waals surface area contributed by atoms with Gasteiger partial charge in [-0.25, -0.2) is 9.78 Å². The Hall–Kier alpha value is -2.97. The molecule has 1 heterocycles. The van der Waals surface area contributed by atoms with Gasteiger partial charge in [0.2, 0.25) is 0 Å². The van der Waals surface area contributed by atoms with Gasteiger partial charge in [0, 0.05) is 19.2 Å². The van der Waals surface area contributed by atoms with E-state index in [2.05, 4.69) is 20.5 Å². The molecule has 2 N–H and O–H groups in total. The molecule has 0 bridgehead atoms. The number of amides is 2. The summed E-state index contributed by atoms with van der Waals surface area (Å²) in [6, 6.07) is 5.51. The van der Waals surface area contributed by atoms with Crippen molar-refractivity contribution in [3.63, 3.8) is 0 Å². The number of nitro groups is 1. The van der Waals surface area contributed by atoms with Gasteiger partial charge in [0.25, 0.3) is 5.69 Å². The first kappa shape index (κ1) is 15.4. The lowest BCUT2D eigenvalue weighted by Gasteiger charge is -2.20. The molecule has 0 aliphatic rings. The molecule has 0 saturated heterocycles. The Morgan fingerprint density at radius 1 is 1.55 bits per heavy atom. The Labute approximate surface area is 126 Å². The molecule has 0 saturated carbocycles. The van der Waals surface area contributed by atoms with E-state index in [1.807, 2.05) is 0 Å². The number of nitro benzene ring substituents is 1. The third-order valence-corrected chi connectivity index (χ3v) is 3.12. The molecule has 22 heavy (non-hydrogen) atoms. The lowest BCUT2D eigenvalue weighted by Crippen LogP contribution is -2.38. The highest BCUT2D eigenvalue weighted by Gasteiger charge is 2.16. The van der Waals surface area contributed by atoms with Gasteiger partial charge in [0.15, 0.2) is 0 Å². The van der Waals surface area contributed by atoms with Crippen LogP contribution in [0.3, 0.4) is 0 Å². The third kappa shape index (κ3) is 3.78. The van der Waals surface area contributed by atoms with Gasteiger partial charge in [-0.2, -0.15) is 5.10 Å². The van der Waals surface area contributed by atoms with Crippen molar-refractivity contribution in [3.8, 4) is 0 Å². The van der Waals surface area contributed by atoms with Crippen LogP contribution in [0.2, 0.25) is 0 Å². The molecule has 2 amide bonds. The van der Waals surface area contributed by atoms with Gasteiger partial charge in [0.1, 0.15) is 12.2 Å². The fourth-order valence-electron chi connectivity index (χ4n) is 1.89. The molecule has 0 spiro atoms. The quantitative estimate of drug-likeness (QED) is 0.643. The second-order valence-corrected chi connectivity index (χ2v) is 4.81. The summed E-state index contributed by atoms with van der Waals surface area (Å²) in [4.78, 5) is 27.8. The van der Waals surface area contributed by atoms with Crippen LogP contribution < -0.4 is 5.32 Å². The summed E-state index contributed by atoms with van der Waals surface area (Å²) >= 11 is 0. The van der Waals surface area contributed by atoms with Gasteiger partial charge >= 0.3 is 6.03 Å². The highest BCUT2D eigenvalue weighted by molar-refractivity contribution is 5.74. The number of carbonyl (C=O) groups excluding carboxylic acids is 1. The standard InChI is InChI=1S/C13H16N6O3/c1-9(10-4-3-5-11(6-10)19(21)22)16-13(20)18(2)7-12-14-8-15-17-12/h3-6,8-9H,7H2,1-2H3,(H,16,20)(H,14,15,17)/t9-/m0/s1. The van der Waals surface area contributed by atoms with Crippen molar-refractivity contribution in [2.75, 3.05) is 7.05 Å². The zero-order chi connectivity index (χ0) is 16.1. The molecule has 0 aliphatic heterocycles. The normalized spacial score (nSPS) is 11.7. The van der Waals surface area contributed by atoms with Gasteiger partial charge in [0.05, 0.1) is 17.5 Å². The molecule has 9 nitrogen and oxygen atoms in total. The Kier molecular flexibility index (Phi) is 4.66. The molecule has 2 aromatic rings. The molecule has 0 fully saturated rings. The summed E-state index contributed by atoms with van der Waals surface area (Å²) < 4.78 is 0. The summed E-state index contributed by atoms with van der Waals surface area (Å²) in [7, 11) is 1.62. The monoisotopic (exact) mass is 304 g/mol. The predicted octanol–water partition coefficient (Wildman–Crippen LogP) is 1.62. The van der Waals surface area contributed by atoms with Crippen molar-refractivity contribution in [3.05, 3.63) is 52.1 Å². The van der Waals surface area contributed by atoms with Crippen molar-refractivity contribution in [2.45, 2.75) is 19.5 Å². The predicted molar refractivity (Wildman–Crippen MR) is 77.9 cm³/mol. The van der Waals surface area contributed by atoms with Crippen LogP contribution in [0.15, 0.2) is 30.6 Å². The smallest absolute Gasteiger partial charge is 0.318 e. The van der Waals surface area contributed by atoms with Crippen LogP contribution in [0.1, 0.15) is 24.4 Å². The van der Waals surface area contributed by atoms with Gasteiger partial charge in [-0.3, -0.25) is 15.2 Å². The number of aromatic amines is 1. The first-order valence-corrected chi connectivity index (χ1v) is 6.57. The number of aromatic nitrogens is 3. The molecule has 1 aromatic carbocycles. The molecular weight excluding hydrogens is 288 g/mol. The van der Waals surface area contributed by atoms with Gasteiger partial charge in [-0.15, -0.1) is 0 Å². The fourth-order valence-corrected chi connectivity index (χ4v) is 1.89. The number of benzene rings is 1. The van der Waals surface area contributed by atoms with Gasteiger partial charge in [-0.1, -0.05) is 12.1 Å². The molecule has 1 atom stereocenters. The summed E-state index contributed by atoms with van der Waals surface area (Å²) in [6.45, 7) is 2.05. The highest BCUT2D eigenvalue weighted by Crippen LogP contribution is 2.19. The first-order chi connectivity index (χ1) is 10.5. The number of nitrogens with zero attached hydrogens (tertiary/aromatic N) is 4. The number of nitrogens with one attached hydrogen (secondary N) is 2. The minimum absolute atomic E-state index is 0.00591. The Balaban J connectivity index is 1.98. The number of non-ortho nitro benzene ring substituents is 1. The van der Waals surface area contributed by atoms with Crippen molar-refractivity contribution < 1.29 is 9.72 Å². The lowest BCUT2D eigenvalue weighted by molar-refractivity contribution is -0.384. The lowest BCUT2D eigenvalue weighted by atomic mass is 10.1. The summed E-state index contributed by atoms with van der Waals surface area (Å²) in [5.74, 6) is 0.570. The highest BCUT2D eigenvalue weighted by atomic mass is 16.6. The van der Waals surface area contributed by atoms with Crippen LogP contribution in [0.5, 0.6) is 0 Å². The van der Waals surface area contributed by atoms with Crippen LogP contribution in [0, 0.1) is 10.1 Å². The van der Waals surface area contributed by atoms with E-state index >= 15 is 0 Å². The molecule has 116 valence electrons. The van der Waals surface area contributed by atoms with E-state index in [-0.39, 0.29) is 24.3 Å². The van der Waals surface area contributed by atoms with Crippen LogP contribution in [-0.2, 0) is 6.54 Å². The summed E-state index contributed by atoms with van der Waals surface area (Å²) in [5, 5.41) is 19.9. The van der Waals surface area contributed by atoms with Crippen molar-refractivity contribution >= 4 is 11.7 Å². The first-order valence-electron chi connectivity index (χ1n) is 6.57. The van der Waals surface area contributed by atoms with Crippen LogP contribution in [-0.4, -0.2) is 38.1 Å². The second kappa shape index (κ2) is 6.66. The molecule has 1 aromatic heterocycles. The Bertz CT molecular complexity index is 658. The second-order valence-electron chi connectivity index (χ2n) is 4.81. The number of hydrogen-bond donors (Lipinski definition) is 2. The maximum absolute atomic E-state index is 12.1. The Morgan fingerprint density at radius 2 is 2.32 bits per heavy atom. The van der Waals surface area contributed by atoms with Crippen molar-refractivity contribution in [1.29, 1.82) is 0 Å². The van der Waals surface area contributed by atoms with Crippen LogP contribution >= 0.6 is 0 Å². The topological polar surface area (TPSA) is 117 Å². The fraction of sp³-hybridized carbons (Fsp3) is 0.308. The third-order valence-electron chi connectivity index (χ3n) is 3.12. The Morgan fingerprint density at radius 3 is 2.95 bits per heavy atom. The number of rotatable bonds is 5. The van der Waals surface area contributed by atoms with E-state index < -0.39 is 4.92 Å². The minimum Gasteiger partial charge on any atom is -0.331 e. The van der Waals surface area contributed by atoms with E-state index in [4.69, 9.17) is 0 Å². The van der Waals surface area contributed by atoms with E-state index in [1.165, 1.54) is 23.4 Å². The van der Waals surface area contributed by atoms with Gasteiger partial charge in [-0.05, 0) is 12.5 Å². The number of H-pyrrole nitrogens is 1. The maximum atomic E-state index is 12.1.